The molecule has 4 rings (SSSR count). The van der Waals surface area contributed by atoms with Crippen LogP contribution in [-0.2, 0) is 4.79 Å². The number of rotatable bonds is 5. The van der Waals surface area contributed by atoms with E-state index in [1.807, 2.05) is 42.5 Å². The van der Waals surface area contributed by atoms with E-state index in [2.05, 4.69) is 28.7 Å². The molecule has 130 valence electrons. The lowest BCUT2D eigenvalue weighted by Crippen LogP contribution is -2.19. The van der Waals surface area contributed by atoms with Gasteiger partial charge in [0.1, 0.15) is 0 Å². The molecule has 0 atom stereocenters. The summed E-state index contributed by atoms with van der Waals surface area (Å²) in [6, 6.07) is 19.7. The number of ether oxygens (including phenoxy) is 2. The van der Waals surface area contributed by atoms with Crippen LogP contribution >= 0.6 is 11.8 Å². The Labute approximate surface area is 155 Å². The molecule has 26 heavy (non-hydrogen) atoms. The van der Waals surface area contributed by atoms with Crippen LogP contribution in [0.4, 0.5) is 0 Å². The molecule has 0 saturated carbocycles. The van der Waals surface area contributed by atoms with Gasteiger partial charge in [-0.2, -0.15) is 5.10 Å². The molecule has 1 N–H and O–H groups in total. The SMILES string of the molecule is O=C(CSc1cccc2ccccc12)NN=Cc1ccc2c(c1)OCO2. The summed E-state index contributed by atoms with van der Waals surface area (Å²) < 4.78 is 10.6. The van der Waals surface area contributed by atoms with E-state index in [9.17, 15) is 4.79 Å². The van der Waals surface area contributed by atoms with Gasteiger partial charge in [0, 0.05) is 4.90 Å². The minimum absolute atomic E-state index is 0.153. The van der Waals surface area contributed by atoms with Gasteiger partial charge in [0.25, 0.3) is 0 Å². The van der Waals surface area contributed by atoms with Crippen molar-refractivity contribution in [3.8, 4) is 11.5 Å². The van der Waals surface area contributed by atoms with Crippen molar-refractivity contribution in [2.24, 2.45) is 5.10 Å². The third-order valence-corrected chi connectivity index (χ3v) is 4.98. The highest BCUT2D eigenvalue weighted by molar-refractivity contribution is 8.00. The lowest BCUT2D eigenvalue weighted by Gasteiger charge is -2.05. The number of fused-ring (bicyclic) bond motifs is 2. The van der Waals surface area contributed by atoms with Crippen molar-refractivity contribution in [2.45, 2.75) is 4.90 Å². The minimum Gasteiger partial charge on any atom is -0.454 e. The van der Waals surface area contributed by atoms with Gasteiger partial charge in [0.15, 0.2) is 11.5 Å². The molecule has 1 amide bonds. The van der Waals surface area contributed by atoms with Crippen LogP contribution in [-0.4, -0.2) is 24.7 Å². The zero-order valence-corrected chi connectivity index (χ0v) is 14.7. The molecule has 3 aromatic carbocycles. The number of nitrogens with one attached hydrogen (secondary N) is 1. The molecule has 0 radical (unpaired) electrons. The number of amides is 1. The summed E-state index contributed by atoms with van der Waals surface area (Å²) in [5.74, 6) is 1.55. The van der Waals surface area contributed by atoms with Gasteiger partial charge >= 0.3 is 0 Å². The fourth-order valence-electron chi connectivity index (χ4n) is 2.67. The van der Waals surface area contributed by atoms with Gasteiger partial charge in [-0.25, -0.2) is 5.43 Å². The Morgan fingerprint density at radius 3 is 2.88 bits per heavy atom. The molecule has 0 aliphatic carbocycles. The number of hydrogen-bond acceptors (Lipinski definition) is 5. The highest BCUT2D eigenvalue weighted by Crippen LogP contribution is 2.32. The second-order valence-electron chi connectivity index (χ2n) is 5.67. The monoisotopic (exact) mass is 364 g/mol. The molecule has 0 aromatic heterocycles. The third kappa shape index (κ3) is 3.65. The lowest BCUT2D eigenvalue weighted by atomic mass is 10.1. The first-order valence-corrected chi connectivity index (χ1v) is 9.10. The van der Waals surface area contributed by atoms with Gasteiger partial charge < -0.3 is 9.47 Å². The van der Waals surface area contributed by atoms with Crippen LogP contribution < -0.4 is 14.9 Å². The predicted octanol–water partition coefficient (Wildman–Crippen LogP) is 3.81. The quantitative estimate of drug-likeness (QED) is 0.425. The smallest absolute Gasteiger partial charge is 0.250 e. The Hall–Kier alpha value is -2.99. The van der Waals surface area contributed by atoms with Crippen molar-refractivity contribution >= 4 is 34.7 Å². The van der Waals surface area contributed by atoms with Crippen LogP contribution in [0.1, 0.15) is 5.56 Å². The maximum Gasteiger partial charge on any atom is 0.250 e. The number of benzene rings is 3. The van der Waals surface area contributed by atoms with Crippen LogP contribution in [0.2, 0.25) is 0 Å². The standard InChI is InChI=1S/C20H16N2O3S/c23-20(12-26-19-7-3-5-15-4-1-2-6-16(15)19)22-21-11-14-8-9-17-18(10-14)25-13-24-17/h1-11H,12-13H2,(H,22,23). The van der Waals surface area contributed by atoms with Gasteiger partial charge in [0.2, 0.25) is 12.7 Å². The summed E-state index contributed by atoms with van der Waals surface area (Å²) in [4.78, 5) is 13.1. The van der Waals surface area contributed by atoms with Crippen LogP contribution in [0.3, 0.4) is 0 Å². The molecule has 0 spiro atoms. The van der Waals surface area contributed by atoms with Crippen LogP contribution in [0.15, 0.2) is 70.7 Å². The van der Waals surface area contributed by atoms with E-state index in [4.69, 9.17) is 9.47 Å². The molecular formula is C20H16N2O3S. The second kappa shape index (κ2) is 7.49. The van der Waals surface area contributed by atoms with Crippen molar-refractivity contribution in [1.82, 2.24) is 5.43 Å². The third-order valence-electron chi connectivity index (χ3n) is 3.91. The molecule has 6 heteroatoms. The van der Waals surface area contributed by atoms with Crippen molar-refractivity contribution in [3.63, 3.8) is 0 Å². The minimum atomic E-state index is -0.153. The van der Waals surface area contributed by atoms with Crippen LogP contribution in [0.25, 0.3) is 10.8 Å². The Morgan fingerprint density at radius 2 is 1.92 bits per heavy atom. The summed E-state index contributed by atoms with van der Waals surface area (Å²) in [6.45, 7) is 0.234. The number of carbonyl (C=O) groups excluding carboxylic acids is 1. The maximum atomic E-state index is 12.0. The number of carbonyl (C=O) groups is 1. The Balaban J connectivity index is 1.34. The lowest BCUT2D eigenvalue weighted by molar-refractivity contribution is -0.118. The van der Waals surface area contributed by atoms with E-state index < -0.39 is 0 Å². The van der Waals surface area contributed by atoms with E-state index in [0.29, 0.717) is 11.5 Å². The van der Waals surface area contributed by atoms with Crippen molar-refractivity contribution < 1.29 is 14.3 Å². The number of thioether (sulfide) groups is 1. The Kier molecular flexibility index (Phi) is 4.75. The first-order chi connectivity index (χ1) is 12.8. The average molecular weight is 364 g/mol. The summed E-state index contributed by atoms with van der Waals surface area (Å²) in [6.07, 6.45) is 1.59. The van der Waals surface area contributed by atoms with Crippen molar-refractivity contribution in [2.75, 3.05) is 12.5 Å². The van der Waals surface area contributed by atoms with E-state index in [1.54, 1.807) is 6.21 Å². The Bertz CT molecular complexity index is 982. The number of nitrogens with zero attached hydrogens (tertiary/aromatic N) is 1. The molecule has 5 nitrogen and oxygen atoms in total. The normalized spacial score (nSPS) is 12.6. The molecule has 1 heterocycles. The first-order valence-electron chi connectivity index (χ1n) is 8.12. The van der Waals surface area contributed by atoms with E-state index in [0.717, 1.165) is 21.6 Å². The zero-order valence-electron chi connectivity index (χ0n) is 13.8. The fraction of sp³-hybridized carbons (Fsp3) is 0.100. The largest absolute Gasteiger partial charge is 0.454 e. The Morgan fingerprint density at radius 1 is 1.08 bits per heavy atom. The second-order valence-corrected chi connectivity index (χ2v) is 6.69. The highest BCUT2D eigenvalue weighted by atomic mass is 32.2. The summed E-state index contributed by atoms with van der Waals surface area (Å²) in [5.41, 5.74) is 3.38. The van der Waals surface area contributed by atoms with E-state index in [-0.39, 0.29) is 12.7 Å². The molecule has 0 saturated heterocycles. The summed E-state index contributed by atoms with van der Waals surface area (Å²) in [7, 11) is 0. The average Bonchev–Trinajstić information content (AvgIpc) is 3.14. The van der Waals surface area contributed by atoms with Crippen molar-refractivity contribution in [1.29, 1.82) is 0 Å². The van der Waals surface area contributed by atoms with E-state index in [1.165, 1.54) is 17.1 Å². The van der Waals surface area contributed by atoms with Gasteiger partial charge in [-0.05, 0) is 40.6 Å². The predicted molar refractivity (Wildman–Crippen MR) is 103 cm³/mol. The number of hydrogen-bond donors (Lipinski definition) is 1. The van der Waals surface area contributed by atoms with Crippen LogP contribution in [0, 0.1) is 0 Å². The van der Waals surface area contributed by atoms with Gasteiger partial charge in [0.05, 0.1) is 12.0 Å². The fourth-order valence-corrected chi connectivity index (χ4v) is 3.54. The molecule has 0 bridgehead atoms. The first kappa shape index (κ1) is 16.5. The maximum absolute atomic E-state index is 12.0. The van der Waals surface area contributed by atoms with Gasteiger partial charge in [-0.3, -0.25) is 4.79 Å². The van der Waals surface area contributed by atoms with Crippen molar-refractivity contribution in [3.05, 3.63) is 66.2 Å². The molecular weight excluding hydrogens is 348 g/mol. The van der Waals surface area contributed by atoms with Gasteiger partial charge in [-0.15, -0.1) is 11.8 Å². The molecule has 1 aliphatic rings. The molecule has 1 aliphatic heterocycles. The van der Waals surface area contributed by atoms with Crippen LogP contribution in [0.5, 0.6) is 11.5 Å². The molecule has 0 fully saturated rings. The summed E-state index contributed by atoms with van der Waals surface area (Å²) >= 11 is 1.50. The molecule has 3 aromatic rings. The zero-order chi connectivity index (χ0) is 17.8. The van der Waals surface area contributed by atoms with E-state index >= 15 is 0 Å². The topological polar surface area (TPSA) is 59.9 Å². The molecule has 0 unspecified atom stereocenters. The highest BCUT2D eigenvalue weighted by Gasteiger charge is 2.12. The van der Waals surface area contributed by atoms with Gasteiger partial charge in [-0.1, -0.05) is 36.4 Å². The number of hydrazone groups is 1. The summed E-state index contributed by atoms with van der Waals surface area (Å²) in [5, 5.41) is 6.32.